The van der Waals surface area contributed by atoms with Gasteiger partial charge in [-0.1, -0.05) is 0 Å². The van der Waals surface area contributed by atoms with Gasteiger partial charge in [-0.05, 0) is 26.8 Å². The first-order valence-corrected chi connectivity index (χ1v) is 6.04. The molecule has 0 bridgehead atoms. The molecule has 21 heavy (non-hydrogen) atoms. The van der Waals surface area contributed by atoms with Gasteiger partial charge in [0.15, 0.2) is 0 Å². The van der Waals surface area contributed by atoms with Gasteiger partial charge in [0.05, 0.1) is 6.07 Å². The van der Waals surface area contributed by atoms with Crippen LogP contribution in [-0.4, -0.2) is 33.7 Å². The van der Waals surface area contributed by atoms with E-state index < -0.39 is 34.5 Å². The molecule has 2 N–H and O–H groups in total. The maximum absolute atomic E-state index is 11.5. The zero-order valence-corrected chi connectivity index (χ0v) is 11.8. The first-order valence-electron chi connectivity index (χ1n) is 6.04. The molecule has 0 aliphatic carbocycles. The average Bonchev–Trinajstić information content (AvgIpc) is 2.74. The van der Waals surface area contributed by atoms with Crippen LogP contribution >= 0.6 is 0 Å². The zero-order chi connectivity index (χ0) is 16.2. The lowest BCUT2D eigenvalue weighted by molar-refractivity contribution is -0.402. The molecular formula is C12H16N2O7. The Morgan fingerprint density at radius 2 is 2.10 bits per heavy atom. The topological polar surface area (TPSA) is 132 Å². The molecule has 0 spiro atoms. The van der Waals surface area contributed by atoms with Crippen LogP contribution in [0.2, 0.25) is 0 Å². The van der Waals surface area contributed by atoms with Crippen LogP contribution in [0.5, 0.6) is 0 Å². The molecule has 1 aromatic rings. The van der Waals surface area contributed by atoms with Gasteiger partial charge < -0.3 is 19.6 Å². The Kier molecular flexibility index (Phi) is 4.90. The summed E-state index contributed by atoms with van der Waals surface area (Å²) in [6, 6.07) is 1.08. The van der Waals surface area contributed by atoms with E-state index in [0.29, 0.717) is 0 Å². The zero-order valence-electron chi connectivity index (χ0n) is 11.8. The van der Waals surface area contributed by atoms with Crippen molar-refractivity contribution in [2.75, 3.05) is 0 Å². The number of carboxylic acids is 1. The average molecular weight is 300 g/mol. The molecule has 0 fully saturated rings. The van der Waals surface area contributed by atoms with E-state index in [1.54, 1.807) is 20.8 Å². The first kappa shape index (κ1) is 16.5. The minimum absolute atomic E-state index is 0.0742. The van der Waals surface area contributed by atoms with Crippen molar-refractivity contribution in [3.63, 3.8) is 0 Å². The Morgan fingerprint density at radius 3 is 2.52 bits per heavy atom. The van der Waals surface area contributed by atoms with Gasteiger partial charge in [-0.15, -0.1) is 0 Å². The van der Waals surface area contributed by atoms with E-state index in [2.05, 4.69) is 5.32 Å². The van der Waals surface area contributed by atoms with Crippen LogP contribution in [0.3, 0.4) is 0 Å². The molecule has 9 heteroatoms. The fourth-order valence-electron chi connectivity index (χ4n) is 1.43. The number of carbonyl (C=O) groups is 2. The molecule has 0 aliphatic rings. The lowest BCUT2D eigenvalue weighted by atomic mass is 10.1. The Morgan fingerprint density at radius 1 is 1.48 bits per heavy atom. The van der Waals surface area contributed by atoms with Crippen LogP contribution in [0.1, 0.15) is 26.5 Å². The number of amides is 1. The summed E-state index contributed by atoms with van der Waals surface area (Å²) in [7, 11) is 0. The number of aliphatic carboxylic acids is 1. The number of nitrogens with zero attached hydrogens (tertiary/aromatic N) is 1. The second-order valence-electron chi connectivity index (χ2n) is 5.24. The smallest absolute Gasteiger partial charge is 0.433 e. The SMILES string of the molecule is CC(C)(C)OC(=O)NC(Cc1ccc([N+](=O)[O-])o1)C(=O)O. The van der Waals surface area contributed by atoms with Gasteiger partial charge in [-0.25, -0.2) is 9.59 Å². The number of nitro groups is 1. The lowest BCUT2D eigenvalue weighted by Crippen LogP contribution is -2.44. The molecule has 9 nitrogen and oxygen atoms in total. The van der Waals surface area contributed by atoms with Crippen molar-refractivity contribution in [3.05, 3.63) is 28.0 Å². The maximum atomic E-state index is 11.5. The monoisotopic (exact) mass is 300 g/mol. The molecule has 0 aromatic carbocycles. The molecule has 116 valence electrons. The molecule has 1 amide bonds. The standard InChI is InChI=1S/C12H16N2O7/c1-12(2,3)21-11(17)13-8(10(15)16)6-7-4-5-9(20-7)14(18)19/h4-5,8H,6H2,1-3H3,(H,13,17)(H,15,16). The normalized spacial score (nSPS) is 12.5. The molecule has 0 radical (unpaired) electrons. The maximum Gasteiger partial charge on any atom is 0.433 e. The number of furan rings is 1. The number of carbonyl (C=O) groups excluding carboxylic acids is 1. The third-order valence-corrected chi connectivity index (χ3v) is 2.22. The number of carboxylic acid groups (broad SMARTS) is 1. The predicted molar refractivity (Wildman–Crippen MR) is 69.9 cm³/mol. The number of hydrogen-bond donors (Lipinski definition) is 2. The number of alkyl carbamates (subject to hydrolysis) is 1. The highest BCUT2D eigenvalue weighted by atomic mass is 16.6. The first-order chi connectivity index (χ1) is 9.58. The third-order valence-electron chi connectivity index (χ3n) is 2.22. The highest BCUT2D eigenvalue weighted by Crippen LogP contribution is 2.17. The molecule has 0 aliphatic heterocycles. The minimum atomic E-state index is -1.31. The molecule has 1 rings (SSSR count). The summed E-state index contributed by atoms with van der Waals surface area (Å²) in [4.78, 5) is 32.4. The number of ether oxygens (including phenoxy) is 1. The minimum Gasteiger partial charge on any atom is -0.480 e. The van der Waals surface area contributed by atoms with Crippen LogP contribution in [0.25, 0.3) is 0 Å². The van der Waals surface area contributed by atoms with Crippen molar-refractivity contribution in [1.82, 2.24) is 5.32 Å². The Labute approximate surface area is 120 Å². The van der Waals surface area contributed by atoms with Crippen LogP contribution in [0.4, 0.5) is 10.7 Å². The van der Waals surface area contributed by atoms with Gasteiger partial charge in [-0.2, -0.15) is 0 Å². The largest absolute Gasteiger partial charge is 0.480 e. The lowest BCUT2D eigenvalue weighted by Gasteiger charge is -2.21. The molecule has 1 heterocycles. The summed E-state index contributed by atoms with van der Waals surface area (Å²) in [6.07, 6.45) is -1.13. The summed E-state index contributed by atoms with van der Waals surface area (Å²) in [5.74, 6) is -1.73. The molecule has 0 saturated heterocycles. The van der Waals surface area contributed by atoms with Crippen LogP contribution < -0.4 is 5.32 Å². The molecule has 1 aromatic heterocycles. The van der Waals surface area contributed by atoms with Crippen molar-refractivity contribution >= 4 is 17.9 Å². The quantitative estimate of drug-likeness (QED) is 0.624. The third kappa shape index (κ3) is 5.51. The van der Waals surface area contributed by atoms with Gasteiger partial charge in [0, 0.05) is 6.42 Å². The van der Waals surface area contributed by atoms with E-state index in [9.17, 15) is 19.7 Å². The number of rotatable bonds is 5. The Balaban J connectivity index is 2.71. The summed E-state index contributed by atoms with van der Waals surface area (Å²) in [5.41, 5.74) is -0.767. The van der Waals surface area contributed by atoms with Crippen molar-refractivity contribution in [2.45, 2.75) is 38.8 Å². The molecular weight excluding hydrogens is 284 g/mol. The van der Waals surface area contributed by atoms with Crippen molar-refractivity contribution in [1.29, 1.82) is 0 Å². The van der Waals surface area contributed by atoms with E-state index in [-0.39, 0.29) is 12.2 Å². The van der Waals surface area contributed by atoms with Gasteiger partial charge in [-0.3, -0.25) is 10.1 Å². The summed E-state index contributed by atoms with van der Waals surface area (Å²) >= 11 is 0. The van der Waals surface area contributed by atoms with Gasteiger partial charge in [0.2, 0.25) is 0 Å². The molecule has 1 atom stereocenters. The van der Waals surface area contributed by atoms with E-state index in [1.165, 1.54) is 6.07 Å². The molecule has 0 saturated carbocycles. The Bertz CT molecular complexity index is 544. The second-order valence-corrected chi connectivity index (χ2v) is 5.24. The summed E-state index contributed by atoms with van der Waals surface area (Å²) in [5, 5.41) is 21.7. The van der Waals surface area contributed by atoms with Crippen molar-refractivity contribution in [3.8, 4) is 0 Å². The summed E-state index contributed by atoms with van der Waals surface area (Å²) in [6.45, 7) is 4.91. The van der Waals surface area contributed by atoms with Gasteiger partial charge in [0.1, 0.15) is 22.3 Å². The van der Waals surface area contributed by atoms with E-state index in [1.807, 2.05) is 0 Å². The van der Waals surface area contributed by atoms with Crippen molar-refractivity contribution < 1.29 is 28.8 Å². The number of nitrogens with one attached hydrogen (secondary N) is 1. The van der Waals surface area contributed by atoms with Crippen LogP contribution in [-0.2, 0) is 16.0 Å². The van der Waals surface area contributed by atoms with Crippen LogP contribution in [0.15, 0.2) is 16.5 Å². The fraction of sp³-hybridized carbons (Fsp3) is 0.500. The van der Waals surface area contributed by atoms with Crippen LogP contribution in [0, 0.1) is 10.1 Å². The van der Waals surface area contributed by atoms with Gasteiger partial charge >= 0.3 is 17.9 Å². The van der Waals surface area contributed by atoms with E-state index >= 15 is 0 Å². The van der Waals surface area contributed by atoms with Gasteiger partial charge in [0.25, 0.3) is 0 Å². The Hall–Kier alpha value is -2.58. The van der Waals surface area contributed by atoms with E-state index in [0.717, 1.165) is 6.07 Å². The van der Waals surface area contributed by atoms with E-state index in [4.69, 9.17) is 14.3 Å². The molecule has 1 unspecified atom stereocenters. The number of hydrogen-bond acceptors (Lipinski definition) is 6. The second kappa shape index (κ2) is 6.25. The highest BCUT2D eigenvalue weighted by molar-refractivity contribution is 5.80. The predicted octanol–water partition coefficient (Wildman–Crippen LogP) is 1.71. The highest BCUT2D eigenvalue weighted by Gasteiger charge is 2.26. The fourth-order valence-corrected chi connectivity index (χ4v) is 1.43. The van der Waals surface area contributed by atoms with Crippen molar-refractivity contribution in [2.24, 2.45) is 0 Å². The summed E-state index contributed by atoms with van der Waals surface area (Å²) < 4.78 is 9.80.